The molecular weight excluding hydrogens is 658 g/mol. The van der Waals surface area contributed by atoms with Crippen molar-refractivity contribution >= 4 is 34.6 Å². The second-order valence-electron chi connectivity index (χ2n) is 9.73. The number of alkyl halides is 6. The monoisotopic (exact) mass is 680 g/mol. The number of carbonyl (C=O) groups is 2. The molecule has 4 aromatic rings. The molecule has 3 aromatic carbocycles. The molecule has 0 saturated carbocycles. The smallest absolute Gasteiger partial charge is 0.482 e. The summed E-state index contributed by atoms with van der Waals surface area (Å²) in [7, 11) is 0. The van der Waals surface area contributed by atoms with Gasteiger partial charge in [-0.1, -0.05) is 42.1 Å². The summed E-state index contributed by atoms with van der Waals surface area (Å²) in [4.78, 5) is 39.5. The number of nitrogens with one attached hydrogen (secondary N) is 1. The number of nitrogens with zero attached hydrogens (tertiary/aromatic N) is 5. The van der Waals surface area contributed by atoms with Crippen LogP contribution in [0.25, 0.3) is 17.1 Å². The maximum atomic E-state index is 12.8. The average Bonchev–Trinajstić information content (AvgIpc) is 3.63. The Labute approximate surface area is 266 Å². The molecule has 1 fully saturated rings. The Morgan fingerprint density at radius 1 is 1.02 bits per heavy atom. The molecule has 5 rings (SSSR count). The summed E-state index contributed by atoms with van der Waals surface area (Å²) in [6.45, 7) is 0.0378. The van der Waals surface area contributed by atoms with Gasteiger partial charge in [0.2, 0.25) is 5.91 Å². The van der Waals surface area contributed by atoms with Crippen LogP contribution in [0.15, 0.2) is 78.0 Å². The lowest BCUT2D eigenvalue weighted by atomic mass is 10.1. The number of aryl methyl sites for hydroxylation is 1. The van der Waals surface area contributed by atoms with Crippen molar-refractivity contribution in [2.45, 2.75) is 26.1 Å². The zero-order valence-electron chi connectivity index (χ0n) is 24.0. The molecule has 246 valence electrons. The van der Waals surface area contributed by atoms with Gasteiger partial charge in [-0.05, 0) is 54.4 Å². The SMILES string of the molecule is Cc1ccc(OCC(F)(F)F)c(N2C(=O)CS/C2=N\C(=O)NOCc2ccc(-c3ncn(-c4ccc(OC(F)(F)F)cc4)n3)cc2)c1. The van der Waals surface area contributed by atoms with E-state index in [-0.39, 0.29) is 34.7 Å². The van der Waals surface area contributed by atoms with E-state index in [1.54, 1.807) is 31.2 Å². The summed E-state index contributed by atoms with van der Waals surface area (Å²) in [5, 5.41) is 4.27. The number of ether oxygens (including phenoxy) is 2. The lowest BCUT2D eigenvalue weighted by Gasteiger charge is -2.21. The number of benzene rings is 3. The molecule has 1 aliphatic rings. The molecule has 1 N–H and O–H groups in total. The second kappa shape index (κ2) is 13.7. The van der Waals surface area contributed by atoms with Gasteiger partial charge >= 0.3 is 18.6 Å². The Morgan fingerprint density at radius 3 is 2.43 bits per heavy atom. The fourth-order valence-corrected chi connectivity index (χ4v) is 4.99. The summed E-state index contributed by atoms with van der Waals surface area (Å²) in [5.74, 6) is -0.829. The highest BCUT2D eigenvalue weighted by Gasteiger charge is 2.34. The number of hydrogen-bond donors (Lipinski definition) is 1. The number of anilines is 1. The Bertz CT molecular complexity index is 1780. The molecule has 1 saturated heterocycles. The largest absolute Gasteiger partial charge is 0.573 e. The van der Waals surface area contributed by atoms with Gasteiger partial charge in [-0.25, -0.2) is 19.9 Å². The first-order chi connectivity index (χ1) is 22.2. The third-order valence-electron chi connectivity index (χ3n) is 6.15. The van der Waals surface area contributed by atoms with E-state index in [1.165, 1.54) is 41.3 Å². The maximum Gasteiger partial charge on any atom is 0.573 e. The quantitative estimate of drug-likeness (QED) is 0.160. The fourth-order valence-electron chi connectivity index (χ4n) is 4.13. The third kappa shape index (κ3) is 9.01. The number of aliphatic imine (C=N–C) groups is 1. The second-order valence-corrected chi connectivity index (χ2v) is 10.7. The van der Waals surface area contributed by atoms with Crippen LogP contribution in [0.1, 0.15) is 11.1 Å². The number of aromatic nitrogens is 3. The van der Waals surface area contributed by atoms with Gasteiger partial charge < -0.3 is 9.47 Å². The molecule has 0 bridgehead atoms. The fraction of sp³-hybridized carbons (Fsp3) is 0.207. The number of rotatable bonds is 9. The van der Waals surface area contributed by atoms with Crippen molar-refractivity contribution in [2.75, 3.05) is 17.3 Å². The number of thioether (sulfide) groups is 1. The Morgan fingerprint density at radius 2 is 1.74 bits per heavy atom. The first kappa shape index (κ1) is 33.3. The van der Waals surface area contributed by atoms with Crippen molar-refractivity contribution in [3.8, 4) is 28.6 Å². The van der Waals surface area contributed by atoms with Crippen LogP contribution in [0.2, 0.25) is 0 Å². The molecule has 0 aliphatic carbocycles. The molecule has 3 amide bonds. The lowest BCUT2D eigenvalue weighted by Crippen LogP contribution is -2.32. The van der Waals surface area contributed by atoms with Crippen LogP contribution in [0.4, 0.5) is 36.8 Å². The van der Waals surface area contributed by atoms with Crippen LogP contribution in [-0.2, 0) is 16.2 Å². The van der Waals surface area contributed by atoms with E-state index < -0.39 is 31.1 Å². The molecule has 0 unspecified atom stereocenters. The molecule has 2 heterocycles. The van der Waals surface area contributed by atoms with Crippen LogP contribution in [0.5, 0.6) is 11.5 Å². The van der Waals surface area contributed by atoms with E-state index >= 15 is 0 Å². The van der Waals surface area contributed by atoms with Crippen molar-refractivity contribution < 1.29 is 50.2 Å². The Hall–Kier alpha value is -5.10. The summed E-state index contributed by atoms with van der Waals surface area (Å²) in [6.07, 6.45) is -8.00. The number of hydroxylamine groups is 1. The minimum absolute atomic E-state index is 0.0181. The van der Waals surface area contributed by atoms with Gasteiger partial charge in [0.15, 0.2) is 17.6 Å². The summed E-state index contributed by atoms with van der Waals surface area (Å²) in [5.41, 5.74) is 4.52. The normalized spacial score (nSPS) is 14.5. The van der Waals surface area contributed by atoms with Crippen LogP contribution in [-0.4, -0.2) is 56.8 Å². The molecule has 1 aromatic heterocycles. The third-order valence-corrected chi connectivity index (χ3v) is 7.07. The zero-order valence-corrected chi connectivity index (χ0v) is 24.8. The van der Waals surface area contributed by atoms with E-state index in [4.69, 9.17) is 9.57 Å². The molecular formula is C29H22F6N6O5S. The van der Waals surface area contributed by atoms with Crippen LogP contribution < -0.4 is 19.9 Å². The van der Waals surface area contributed by atoms with Gasteiger partial charge in [0.05, 0.1) is 23.7 Å². The minimum atomic E-state index is -4.80. The first-order valence-corrected chi connectivity index (χ1v) is 14.4. The minimum Gasteiger partial charge on any atom is -0.482 e. The molecule has 0 spiro atoms. The highest BCUT2D eigenvalue weighted by molar-refractivity contribution is 8.15. The molecule has 18 heteroatoms. The number of amides is 3. The van der Waals surface area contributed by atoms with Gasteiger partial charge in [-0.3, -0.25) is 14.5 Å². The van der Waals surface area contributed by atoms with E-state index in [0.29, 0.717) is 28.2 Å². The highest BCUT2D eigenvalue weighted by Crippen LogP contribution is 2.36. The molecule has 11 nitrogen and oxygen atoms in total. The Kier molecular flexibility index (Phi) is 9.71. The van der Waals surface area contributed by atoms with Crippen molar-refractivity contribution in [1.82, 2.24) is 20.2 Å². The number of hydrogen-bond acceptors (Lipinski definition) is 8. The van der Waals surface area contributed by atoms with Gasteiger partial charge in [-0.15, -0.1) is 18.3 Å². The first-order valence-electron chi connectivity index (χ1n) is 13.4. The topological polar surface area (TPSA) is 120 Å². The highest BCUT2D eigenvalue weighted by atomic mass is 32.2. The van der Waals surface area contributed by atoms with Gasteiger partial charge in [0.25, 0.3) is 0 Å². The van der Waals surface area contributed by atoms with E-state index in [9.17, 15) is 35.9 Å². The van der Waals surface area contributed by atoms with E-state index in [2.05, 4.69) is 25.3 Å². The van der Waals surface area contributed by atoms with Crippen molar-refractivity contribution in [2.24, 2.45) is 4.99 Å². The number of amidine groups is 1. The van der Waals surface area contributed by atoms with Gasteiger partial charge in [-0.2, -0.15) is 18.2 Å². The van der Waals surface area contributed by atoms with Crippen LogP contribution in [0, 0.1) is 6.92 Å². The lowest BCUT2D eigenvalue weighted by molar-refractivity contribution is -0.274. The van der Waals surface area contributed by atoms with Crippen LogP contribution in [0.3, 0.4) is 0 Å². The summed E-state index contributed by atoms with van der Waals surface area (Å²) < 4.78 is 85.6. The average molecular weight is 681 g/mol. The Balaban J connectivity index is 1.17. The van der Waals surface area contributed by atoms with Crippen molar-refractivity contribution in [3.05, 3.63) is 84.2 Å². The number of carbonyl (C=O) groups excluding carboxylic acids is 2. The number of urea groups is 1. The van der Waals surface area contributed by atoms with E-state index in [1.807, 2.05) is 0 Å². The maximum absolute atomic E-state index is 12.8. The summed E-state index contributed by atoms with van der Waals surface area (Å²) >= 11 is 0.924. The van der Waals surface area contributed by atoms with E-state index in [0.717, 1.165) is 28.8 Å². The van der Waals surface area contributed by atoms with Crippen molar-refractivity contribution in [3.63, 3.8) is 0 Å². The van der Waals surface area contributed by atoms with Gasteiger partial charge in [0.1, 0.15) is 17.8 Å². The molecule has 1 aliphatic heterocycles. The van der Waals surface area contributed by atoms with Crippen LogP contribution >= 0.6 is 11.8 Å². The molecule has 0 atom stereocenters. The standard InChI is InChI=1S/C29H22F6N6O5S/c1-17-2-11-23(44-15-28(30,31)32)22(12-17)41-24(42)14-47-27(41)37-26(43)39-45-13-18-3-5-19(6-4-18)25-36-16-40(38-25)20-7-9-21(10-8-20)46-29(33,34)35/h2-12,16H,13-15H2,1H3,(H,39,43)/b37-27-. The molecule has 47 heavy (non-hydrogen) atoms. The van der Waals surface area contributed by atoms with Crippen molar-refractivity contribution in [1.29, 1.82) is 0 Å². The summed E-state index contributed by atoms with van der Waals surface area (Å²) in [6, 6.07) is 15.2. The predicted molar refractivity (Wildman–Crippen MR) is 157 cm³/mol. The molecule has 0 radical (unpaired) electrons. The predicted octanol–water partition coefficient (Wildman–Crippen LogP) is 6.36. The number of halogens is 6. The van der Waals surface area contributed by atoms with Gasteiger partial charge in [0, 0.05) is 5.56 Å². The zero-order chi connectivity index (χ0) is 33.8.